The predicted octanol–water partition coefficient (Wildman–Crippen LogP) is 2.48. The van der Waals surface area contributed by atoms with Crippen molar-refractivity contribution in [2.24, 2.45) is 5.84 Å². The number of fused-ring (bicyclic) bond motifs is 1. The molecule has 0 aromatic carbocycles. The molecule has 0 radical (unpaired) electrons. The molecule has 1 saturated heterocycles. The molecule has 8 nitrogen and oxygen atoms in total. The van der Waals surface area contributed by atoms with E-state index in [9.17, 15) is 9.59 Å². The van der Waals surface area contributed by atoms with Gasteiger partial charge in [-0.25, -0.2) is 9.99 Å². The summed E-state index contributed by atoms with van der Waals surface area (Å²) in [6, 6.07) is 6.22. The molecule has 0 aliphatic carbocycles. The number of pyridine rings is 1. The van der Waals surface area contributed by atoms with Crippen molar-refractivity contribution >= 4 is 18.0 Å². The number of allylic oxidation sites excluding steroid dienone is 3. The molecule has 2 aromatic heterocycles. The number of nitrogens with two attached hydrogens (primary N) is 1. The topological polar surface area (TPSA) is 96.0 Å². The highest BCUT2D eigenvalue weighted by molar-refractivity contribution is 5.78. The molecule has 0 bridgehead atoms. The van der Waals surface area contributed by atoms with Gasteiger partial charge in [-0.15, -0.1) is 0 Å². The number of aromatic nitrogens is 2. The molecule has 8 heteroatoms. The molecule has 176 valence electrons. The van der Waals surface area contributed by atoms with Gasteiger partial charge >= 0.3 is 0 Å². The maximum absolute atomic E-state index is 12.4. The fourth-order valence-corrected chi connectivity index (χ4v) is 3.17. The summed E-state index contributed by atoms with van der Waals surface area (Å²) in [4.78, 5) is 28.1. The number of imidazole rings is 1. The van der Waals surface area contributed by atoms with Crippen LogP contribution in [0.25, 0.3) is 5.65 Å². The first-order valence-corrected chi connectivity index (χ1v) is 11.0. The van der Waals surface area contributed by atoms with E-state index < -0.39 is 0 Å². The van der Waals surface area contributed by atoms with Crippen molar-refractivity contribution in [1.29, 1.82) is 0 Å². The normalized spacial score (nSPS) is 15.2. The van der Waals surface area contributed by atoms with Crippen molar-refractivity contribution < 1.29 is 9.59 Å². The van der Waals surface area contributed by atoms with Crippen molar-refractivity contribution in [2.75, 3.05) is 26.7 Å². The first-order chi connectivity index (χ1) is 15.4. The largest absolute Gasteiger partial charge is 0.359 e. The number of nitrogens with zero attached hydrogens (tertiary/aromatic N) is 4. The number of hydrogen-bond donors (Lipinski definition) is 2. The molecule has 1 unspecified atom stereocenters. The molecule has 3 rings (SSSR count). The lowest BCUT2D eigenvalue weighted by Gasteiger charge is -2.19. The Morgan fingerprint density at radius 1 is 1.41 bits per heavy atom. The number of likely N-dealkylation sites (tertiary alicyclic amines) is 1. The van der Waals surface area contributed by atoms with Gasteiger partial charge in [0.05, 0.1) is 12.1 Å². The quantitative estimate of drug-likeness (QED) is 0.297. The number of carbonyl (C=O) groups is 2. The third kappa shape index (κ3) is 9.03. The van der Waals surface area contributed by atoms with E-state index in [1.54, 1.807) is 11.1 Å². The average Bonchev–Trinajstić information content (AvgIpc) is 3.42. The number of nitrogens with one attached hydrogen (secondary N) is 1. The molecule has 2 aromatic rings. The first-order valence-electron chi connectivity index (χ1n) is 11.0. The van der Waals surface area contributed by atoms with Crippen molar-refractivity contribution in [2.45, 2.75) is 46.1 Å². The highest BCUT2D eigenvalue weighted by atomic mass is 16.2. The molecule has 0 saturated carbocycles. The summed E-state index contributed by atoms with van der Waals surface area (Å²) in [5, 5.41) is 4.13. The van der Waals surface area contributed by atoms with Gasteiger partial charge < -0.3 is 14.6 Å². The van der Waals surface area contributed by atoms with Crippen LogP contribution in [0.3, 0.4) is 0 Å². The van der Waals surface area contributed by atoms with Crippen LogP contribution in [0.2, 0.25) is 0 Å². The Bertz CT molecular complexity index is 874. The number of amides is 2. The van der Waals surface area contributed by atoms with E-state index in [-0.39, 0.29) is 11.9 Å². The SMILES string of the molecule is C=C/C=C\CC.CCNC=O.Cc1cccc2nc(CC(=O)N3CCC(N(C)N)C3)cn12. The Labute approximate surface area is 191 Å². The molecule has 1 atom stereocenters. The average molecular weight is 443 g/mol. The minimum atomic E-state index is 0.125. The lowest BCUT2D eigenvalue weighted by Crippen LogP contribution is -2.40. The number of carbonyl (C=O) groups excluding carboxylic acids is 2. The lowest BCUT2D eigenvalue weighted by atomic mass is 10.2. The number of hydrazine groups is 1. The zero-order valence-corrected chi connectivity index (χ0v) is 19.8. The Balaban J connectivity index is 0.000000389. The van der Waals surface area contributed by atoms with E-state index in [0.717, 1.165) is 43.0 Å². The van der Waals surface area contributed by atoms with Crippen LogP contribution in [-0.4, -0.2) is 64.3 Å². The number of aryl methyl sites for hydroxylation is 1. The van der Waals surface area contributed by atoms with Crippen LogP contribution in [-0.2, 0) is 16.0 Å². The molecule has 3 N–H and O–H groups in total. The molecule has 1 fully saturated rings. The standard InChI is InChI=1S/C15H21N5O.C6H10.C3H7NO/c1-11-4-3-5-14-17-12(9-20(11)14)8-15(21)19-7-6-13(10-19)18(2)16;1-3-5-6-4-2;1-2-4-3-5/h3-5,9,13H,6-8,10,16H2,1-2H3;3,5-6H,1,4H2,2H3;3H,2H2,1H3,(H,4,5)/b;6-5-;. The summed E-state index contributed by atoms with van der Waals surface area (Å²) in [6.45, 7) is 11.7. The third-order valence-corrected chi connectivity index (χ3v) is 4.97. The summed E-state index contributed by atoms with van der Waals surface area (Å²) in [7, 11) is 1.85. The second-order valence-electron chi connectivity index (χ2n) is 7.50. The molecule has 1 aliphatic rings. The van der Waals surface area contributed by atoms with Gasteiger partial charge in [-0.05, 0) is 38.8 Å². The summed E-state index contributed by atoms with van der Waals surface area (Å²) in [5.41, 5.74) is 2.82. The zero-order chi connectivity index (χ0) is 23.9. The van der Waals surface area contributed by atoms with E-state index in [1.807, 2.05) is 60.7 Å². The molecule has 3 heterocycles. The second-order valence-corrected chi connectivity index (χ2v) is 7.50. The molecule has 0 spiro atoms. The fraction of sp³-hybridized carbons (Fsp3) is 0.458. The van der Waals surface area contributed by atoms with Crippen molar-refractivity contribution in [1.82, 2.24) is 24.6 Å². The summed E-state index contributed by atoms with van der Waals surface area (Å²) in [5.74, 6) is 5.89. The van der Waals surface area contributed by atoms with Gasteiger partial charge in [0.1, 0.15) is 5.65 Å². The third-order valence-electron chi connectivity index (χ3n) is 4.97. The van der Waals surface area contributed by atoms with Crippen LogP contribution >= 0.6 is 0 Å². The Morgan fingerprint density at radius 3 is 2.62 bits per heavy atom. The van der Waals surface area contributed by atoms with Crippen molar-refractivity contribution in [3.05, 3.63) is 60.6 Å². The van der Waals surface area contributed by atoms with E-state index in [2.05, 4.69) is 29.9 Å². The van der Waals surface area contributed by atoms with Crippen molar-refractivity contribution in [3.63, 3.8) is 0 Å². The van der Waals surface area contributed by atoms with Gasteiger partial charge in [0.15, 0.2) is 0 Å². The van der Waals surface area contributed by atoms with Crippen LogP contribution in [0, 0.1) is 6.92 Å². The van der Waals surface area contributed by atoms with Crippen LogP contribution < -0.4 is 11.2 Å². The van der Waals surface area contributed by atoms with Crippen LogP contribution in [0.5, 0.6) is 0 Å². The Kier molecular flexibility index (Phi) is 12.6. The Morgan fingerprint density at radius 2 is 2.16 bits per heavy atom. The lowest BCUT2D eigenvalue weighted by molar-refractivity contribution is -0.129. The minimum absolute atomic E-state index is 0.125. The minimum Gasteiger partial charge on any atom is -0.359 e. The maximum Gasteiger partial charge on any atom is 0.228 e. The van der Waals surface area contributed by atoms with Crippen molar-refractivity contribution in [3.8, 4) is 0 Å². The van der Waals surface area contributed by atoms with E-state index in [0.29, 0.717) is 19.4 Å². The van der Waals surface area contributed by atoms with Gasteiger partial charge in [0, 0.05) is 44.6 Å². The highest BCUT2D eigenvalue weighted by Gasteiger charge is 2.28. The number of likely N-dealkylation sites (N-methyl/N-ethyl adjacent to an activating group) is 1. The van der Waals surface area contributed by atoms with E-state index in [1.165, 1.54) is 0 Å². The van der Waals surface area contributed by atoms with Crippen LogP contribution in [0.1, 0.15) is 38.1 Å². The Hall–Kier alpha value is -2.97. The first kappa shape index (κ1) is 27.1. The molecule has 32 heavy (non-hydrogen) atoms. The number of rotatable bonds is 7. The van der Waals surface area contributed by atoms with E-state index in [4.69, 9.17) is 5.84 Å². The molecule has 2 amide bonds. The molecular weight excluding hydrogens is 404 g/mol. The maximum atomic E-state index is 12.4. The highest BCUT2D eigenvalue weighted by Crippen LogP contribution is 2.15. The van der Waals surface area contributed by atoms with Crippen LogP contribution in [0.15, 0.2) is 49.2 Å². The van der Waals surface area contributed by atoms with Gasteiger partial charge in [0.2, 0.25) is 12.3 Å². The summed E-state index contributed by atoms with van der Waals surface area (Å²) in [6.07, 6.45) is 10.8. The molecule has 1 aliphatic heterocycles. The molecular formula is C24H38N6O2. The monoisotopic (exact) mass is 442 g/mol. The van der Waals surface area contributed by atoms with Crippen LogP contribution in [0.4, 0.5) is 0 Å². The van der Waals surface area contributed by atoms with Gasteiger partial charge in [0.25, 0.3) is 0 Å². The van der Waals surface area contributed by atoms with Gasteiger partial charge in [-0.2, -0.15) is 0 Å². The zero-order valence-electron chi connectivity index (χ0n) is 19.8. The second kappa shape index (κ2) is 14.9. The summed E-state index contributed by atoms with van der Waals surface area (Å²) < 4.78 is 2.02. The number of hydrogen-bond acceptors (Lipinski definition) is 5. The van der Waals surface area contributed by atoms with E-state index >= 15 is 0 Å². The predicted molar refractivity (Wildman–Crippen MR) is 130 cm³/mol. The van der Waals surface area contributed by atoms with Gasteiger partial charge in [-0.3, -0.25) is 15.4 Å². The summed E-state index contributed by atoms with van der Waals surface area (Å²) >= 11 is 0. The smallest absolute Gasteiger partial charge is 0.228 e. The fourth-order valence-electron chi connectivity index (χ4n) is 3.17. The van der Waals surface area contributed by atoms with Gasteiger partial charge in [-0.1, -0.05) is 37.8 Å².